The van der Waals surface area contributed by atoms with Crippen LogP contribution in [0.25, 0.3) is 0 Å². The predicted octanol–water partition coefficient (Wildman–Crippen LogP) is 2.32. The first-order valence-electron chi connectivity index (χ1n) is 5.56. The smallest absolute Gasteiger partial charge is 0.0571 e. The Morgan fingerprint density at radius 3 is 2.38 bits per heavy atom. The Bertz CT molecular complexity index is 130. The Morgan fingerprint density at radius 1 is 1.31 bits per heavy atom. The fourth-order valence-corrected chi connectivity index (χ4v) is 2.32. The SMILES string of the molecule is CCCC(N)C1CCC(OC)CC1. The Balaban J connectivity index is 2.23. The third kappa shape index (κ3) is 3.28. The first-order chi connectivity index (χ1) is 6.27. The van der Waals surface area contributed by atoms with Gasteiger partial charge in [-0.3, -0.25) is 0 Å². The Morgan fingerprint density at radius 2 is 1.92 bits per heavy atom. The van der Waals surface area contributed by atoms with Gasteiger partial charge in [-0.15, -0.1) is 0 Å². The molecule has 2 nitrogen and oxygen atoms in total. The van der Waals surface area contributed by atoms with Crippen LogP contribution in [0.5, 0.6) is 0 Å². The van der Waals surface area contributed by atoms with Crippen molar-refractivity contribution in [2.75, 3.05) is 7.11 Å². The quantitative estimate of drug-likeness (QED) is 0.729. The lowest BCUT2D eigenvalue weighted by Crippen LogP contribution is -2.34. The summed E-state index contributed by atoms with van der Waals surface area (Å²) in [6.45, 7) is 2.21. The van der Waals surface area contributed by atoms with Gasteiger partial charge in [-0.25, -0.2) is 0 Å². The number of hydrogen-bond acceptors (Lipinski definition) is 2. The van der Waals surface area contributed by atoms with E-state index in [-0.39, 0.29) is 0 Å². The van der Waals surface area contributed by atoms with Crippen molar-refractivity contribution in [1.82, 2.24) is 0 Å². The van der Waals surface area contributed by atoms with Crippen molar-refractivity contribution in [3.63, 3.8) is 0 Å². The van der Waals surface area contributed by atoms with Crippen molar-refractivity contribution in [2.45, 2.75) is 57.6 Å². The maximum Gasteiger partial charge on any atom is 0.0571 e. The van der Waals surface area contributed by atoms with Crippen LogP contribution in [0.15, 0.2) is 0 Å². The predicted molar refractivity (Wildman–Crippen MR) is 55.6 cm³/mol. The lowest BCUT2D eigenvalue weighted by atomic mass is 9.81. The summed E-state index contributed by atoms with van der Waals surface area (Å²) < 4.78 is 5.34. The van der Waals surface area contributed by atoms with Crippen LogP contribution in [0.2, 0.25) is 0 Å². The number of nitrogens with two attached hydrogens (primary N) is 1. The molecule has 0 bridgehead atoms. The zero-order valence-corrected chi connectivity index (χ0v) is 8.96. The minimum absolute atomic E-state index is 0.433. The molecule has 0 aromatic carbocycles. The van der Waals surface area contributed by atoms with Crippen LogP contribution in [0, 0.1) is 5.92 Å². The normalized spacial score (nSPS) is 31.6. The molecule has 0 heterocycles. The van der Waals surface area contributed by atoms with Crippen LogP contribution >= 0.6 is 0 Å². The molecule has 0 saturated heterocycles. The molecule has 0 spiro atoms. The van der Waals surface area contributed by atoms with Crippen molar-refractivity contribution in [1.29, 1.82) is 0 Å². The van der Waals surface area contributed by atoms with Gasteiger partial charge in [0.2, 0.25) is 0 Å². The second kappa shape index (κ2) is 5.61. The molecule has 1 saturated carbocycles. The summed E-state index contributed by atoms with van der Waals surface area (Å²) in [7, 11) is 1.82. The van der Waals surface area contributed by atoms with Gasteiger partial charge in [0, 0.05) is 13.2 Å². The summed E-state index contributed by atoms with van der Waals surface area (Å²) in [6, 6.07) is 0.433. The van der Waals surface area contributed by atoms with Crippen LogP contribution in [-0.2, 0) is 4.74 Å². The van der Waals surface area contributed by atoms with Crippen LogP contribution in [0.3, 0.4) is 0 Å². The van der Waals surface area contributed by atoms with Gasteiger partial charge in [-0.05, 0) is 38.0 Å². The summed E-state index contributed by atoms with van der Waals surface area (Å²) in [4.78, 5) is 0. The van der Waals surface area contributed by atoms with Crippen molar-refractivity contribution >= 4 is 0 Å². The molecular formula is C11H23NO. The minimum Gasteiger partial charge on any atom is -0.381 e. The largest absolute Gasteiger partial charge is 0.381 e. The molecule has 0 aliphatic heterocycles. The van der Waals surface area contributed by atoms with Gasteiger partial charge in [0.25, 0.3) is 0 Å². The molecule has 0 radical (unpaired) electrons. The first-order valence-corrected chi connectivity index (χ1v) is 5.56. The molecule has 2 heteroatoms. The molecule has 1 unspecified atom stereocenters. The molecule has 0 amide bonds. The number of methoxy groups -OCH3 is 1. The van der Waals surface area contributed by atoms with Crippen LogP contribution in [0.1, 0.15) is 45.4 Å². The van der Waals surface area contributed by atoms with Crippen molar-refractivity contribution in [3.05, 3.63) is 0 Å². The van der Waals surface area contributed by atoms with Gasteiger partial charge < -0.3 is 10.5 Å². The molecule has 1 fully saturated rings. The highest BCUT2D eigenvalue weighted by Gasteiger charge is 2.24. The molecular weight excluding hydrogens is 162 g/mol. The Hall–Kier alpha value is -0.0800. The standard InChI is InChI=1S/C11H23NO/c1-3-4-11(12)9-5-7-10(13-2)8-6-9/h9-11H,3-8,12H2,1-2H3. The van der Waals surface area contributed by atoms with Crippen LogP contribution < -0.4 is 5.73 Å². The maximum absolute atomic E-state index is 6.11. The van der Waals surface area contributed by atoms with Crippen molar-refractivity contribution in [2.24, 2.45) is 11.7 Å². The van der Waals surface area contributed by atoms with E-state index in [4.69, 9.17) is 10.5 Å². The average molecular weight is 185 g/mol. The van der Waals surface area contributed by atoms with E-state index in [2.05, 4.69) is 6.92 Å². The highest BCUT2D eigenvalue weighted by atomic mass is 16.5. The second-order valence-corrected chi connectivity index (χ2v) is 4.23. The zero-order valence-electron chi connectivity index (χ0n) is 8.96. The van der Waals surface area contributed by atoms with Gasteiger partial charge >= 0.3 is 0 Å². The van der Waals surface area contributed by atoms with E-state index in [1.807, 2.05) is 7.11 Å². The number of rotatable bonds is 4. The lowest BCUT2D eigenvalue weighted by molar-refractivity contribution is 0.0523. The van der Waals surface area contributed by atoms with Gasteiger partial charge in [-0.2, -0.15) is 0 Å². The number of hydrogen-bond donors (Lipinski definition) is 1. The molecule has 1 aliphatic rings. The molecule has 1 rings (SSSR count). The van der Waals surface area contributed by atoms with E-state index in [9.17, 15) is 0 Å². The Labute approximate surface area is 81.8 Å². The van der Waals surface area contributed by atoms with Gasteiger partial charge in [0.05, 0.1) is 6.10 Å². The van der Waals surface area contributed by atoms with Gasteiger partial charge in [0.1, 0.15) is 0 Å². The molecule has 1 aliphatic carbocycles. The highest BCUT2D eigenvalue weighted by molar-refractivity contribution is 4.79. The first kappa shape index (κ1) is 11.0. The monoisotopic (exact) mass is 185 g/mol. The summed E-state index contributed by atoms with van der Waals surface area (Å²) in [5, 5.41) is 0. The fraction of sp³-hybridized carbons (Fsp3) is 1.00. The van der Waals surface area contributed by atoms with E-state index in [1.165, 1.54) is 38.5 Å². The topological polar surface area (TPSA) is 35.2 Å². The molecule has 0 aromatic rings. The highest BCUT2D eigenvalue weighted by Crippen LogP contribution is 2.28. The fourth-order valence-electron chi connectivity index (χ4n) is 2.32. The van der Waals surface area contributed by atoms with E-state index < -0.39 is 0 Å². The van der Waals surface area contributed by atoms with Crippen LogP contribution in [-0.4, -0.2) is 19.3 Å². The maximum atomic E-state index is 6.11. The van der Waals surface area contributed by atoms with Gasteiger partial charge in [-0.1, -0.05) is 13.3 Å². The number of ether oxygens (including phenoxy) is 1. The van der Waals surface area contributed by atoms with E-state index in [1.54, 1.807) is 0 Å². The van der Waals surface area contributed by atoms with Crippen molar-refractivity contribution in [3.8, 4) is 0 Å². The molecule has 78 valence electrons. The summed E-state index contributed by atoms with van der Waals surface area (Å²) >= 11 is 0. The second-order valence-electron chi connectivity index (χ2n) is 4.23. The average Bonchev–Trinajstić information content (AvgIpc) is 2.18. The molecule has 1 atom stereocenters. The van der Waals surface area contributed by atoms with E-state index in [0.717, 1.165) is 5.92 Å². The van der Waals surface area contributed by atoms with E-state index in [0.29, 0.717) is 12.1 Å². The van der Waals surface area contributed by atoms with Gasteiger partial charge in [0.15, 0.2) is 0 Å². The lowest BCUT2D eigenvalue weighted by Gasteiger charge is -2.31. The molecule has 0 aromatic heterocycles. The minimum atomic E-state index is 0.433. The van der Waals surface area contributed by atoms with E-state index >= 15 is 0 Å². The summed E-state index contributed by atoms with van der Waals surface area (Å²) in [5.41, 5.74) is 6.11. The van der Waals surface area contributed by atoms with Crippen molar-refractivity contribution < 1.29 is 4.74 Å². The van der Waals surface area contributed by atoms with Crippen LogP contribution in [0.4, 0.5) is 0 Å². The molecule has 13 heavy (non-hydrogen) atoms. The zero-order chi connectivity index (χ0) is 9.68. The molecule has 2 N–H and O–H groups in total. The summed E-state index contributed by atoms with van der Waals surface area (Å²) in [5.74, 6) is 0.756. The third-order valence-corrected chi connectivity index (χ3v) is 3.28. The third-order valence-electron chi connectivity index (χ3n) is 3.28. The summed E-state index contributed by atoms with van der Waals surface area (Å²) in [6.07, 6.45) is 7.84. The Kier molecular flexibility index (Phi) is 4.74.